The summed E-state index contributed by atoms with van der Waals surface area (Å²) in [7, 11) is 3.29. The Morgan fingerprint density at radius 1 is 1.06 bits per heavy atom. The first-order valence-corrected chi connectivity index (χ1v) is 10.9. The maximum atomic E-state index is 13.2. The van der Waals surface area contributed by atoms with Gasteiger partial charge < -0.3 is 24.8 Å². The van der Waals surface area contributed by atoms with Crippen LogP contribution in [0.15, 0.2) is 47.5 Å². The van der Waals surface area contributed by atoms with Gasteiger partial charge in [-0.1, -0.05) is 18.2 Å². The fourth-order valence-corrected chi connectivity index (χ4v) is 3.70. The predicted octanol–water partition coefficient (Wildman–Crippen LogP) is 2.97. The Labute approximate surface area is 189 Å². The number of hydrogen-bond donors (Lipinski definition) is 2. The number of ether oxygens (including phenoxy) is 3. The van der Waals surface area contributed by atoms with Gasteiger partial charge in [0, 0.05) is 26.2 Å². The Hall–Kier alpha value is -2.84. The fourth-order valence-electron chi connectivity index (χ4n) is 3.70. The molecule has 2 aromatic rings. The van der Waals surface area contributed by atoms with Crippen molar-refractivity contribution in [2.24, 2.45) is 4.99 Å². The second-order valence-corrected chi connectivity index (χ2v) is 7.48. The van der Waals surface area contributed by atoms with E-state index in [9.17, 15) is 4.39 Å². The third-order valence-corrected chi connectivity index (χ3v) is 5.42. The molecule has 1 atom stereocenters. The van der Waals surface area contributed by atoms with Crippen LogP contribution in [0.1, 0.15) is 24.1 Å². The minimum atomic E-state index is -0.244. The van der Waals surface area contributed by atoms with E-state index < -0.39 is 0 Å². The molecule has 0 spiro atoms. The second-order valence-electron chi connectivity index (χ2n) is 7.48. The van der Waals surface area contributed by atoms with Crippen LogP contribution < -0.4 is 20.1 Å². The van der Waals surface area contributed by atoms with Crippen molar-refractivity contribution < 1.29 is 18.6 Å². The first-order valence-electron chi connectivity index (χ1n) is 10.9. The monoisotopic (exact) mass is 444 g/mol. The molecular formula is C24H33FN4O3. The van der Waals surface area contributed by atoms with Gasteiger partial charge in [-0.15, -0.1) is 0 Å². The maximum absolute atomic E-state index is 13.2. The fraction of sp³-hybridized carbons (Fsp3) is 0.458. The van der Waals surface area contributed by atoms with Gasteiger partial charge in [-0.2, -0.15) is 0 Å². The first-order chi connectivity index (χ1) is 15.6. The summed E-state index contributed by atoms with van der Waals surface area (Å²) in [4.78, 5) is 7.07. The molecule has 0 aliphatic carbocycles. The van der Waals surface area contributed by atoms with Crippen LogP contribution in [0.5, 0.6) is 11.5 Å². The molecular weight excluding hydrogens is 411 g/mol. The van der Waals surface area contributed by atoms with E-state index in [-0.39, 0.29) is 11.9 Å². The topological polar surface area (TPSA) is 67.4 Å². The summed E-state index contributed by atoms with van der Waals surface area (Å²) in [5.41, 5.74) is 2.08. The summed E-state index contributed by atoms with van der Waals surface area (Å²) in [6, 6.07) is 12.6. The average molecular weight is 445 g/mol. The van der Waals surface area contributed by atoms with E-state index in [1.807, 2.05) is 19.1 Å². The molecule has 1 heterocycles. The average Bonchev–Trinajstić information content (AvgIpc) is 2.84. The Morgan fingerprint density at radius 2 is 1.78 bits per heavy atom. The molecule has 1 unspecified atom stereocenters. The predicted molar refractivity (Wildman–Crippen MR) is 124 cm³/mol. The van der Waals surface area contributed by atoms with Gasteiger partial charge >= 0.3 is 0 Å². The number of hydrogen-bond acceptors (Lipinski definition) is 5. The summed E-state index contributed by atoms with van der Waals surface area (Å²) >= 11 is 0. The number of nitrogens with zero attached hydrogens (tertiary/aromatic N) is 2. The molecule has 1 aliphatic heterocycles. The van der Waals surface area contributed by atoms with Crippen molar-refractivity contribution in [3.05, 3.63) is 59.4 Å². The largest absolute Gasteiger partial charge is 0.493 e. The molecule has 8 heteroatoms. The SMILES string of the molecule is CCNC(=NCc1ccc(F)cc1)NCC(c1ccc(OC)c(OC)c1)N1CCOCC1. The van der Waals surface area contributed by atoms with E-state index in [4.69, 9.17) is 14.2 Å². The standard InChI is InChI=1S/C24H33FN4O3/c1-4-26-24(27-16-18-5-8-20(25)9-6-18)28-17-21(29-11-13-32-14-12-29)19-7-10-22(30-2)23(15-19)31-3/h5-10,15,21H,4,11-14,16-17H2,1-3H3,(H2,26,27,28). The van der Waals surface area contributed by atoms with E-state index in [1.54, 1.807) is 26.4 Å². The quantitative estimate of drug-likeness (QED) is 0.458. The number of morpholine rings is 1. The molecule has 2 N–H and O–H groups in total. The normalized spacial score (nSPS) is 15.8. The lowest BCUT2D eigenvalue weighted by atomic mass is 10.0. The van der Waals surface area contributed by atoms with E-state index in [2.05, 4.69) is 26.6 Å². The van der Waals surface area contributed by atoms with Crippen molar-refractivity contribution in [1.29, 1.82) is 0 Å². The van der Waals surface area contributed by atoms with Crippen LogP contribution in [0, 0.1) is 5.82 Å². The van der Waals surface area contributed by atoms with Crippen molar-refractivity contribution in [2.45, 2.75) is 19.5 Å². The number of methoxy groups -OCH3 is 2. The molecule has 0 saturated carbocycles. The minimum absolute atomic E-state index is 0.105. The van der Waals surface area contributed by atoms with Crippen molar-refractivity contribution in [1.82, 2.24) is 15.5 Å². The van der Waals surface area contributed by atoms with Gasteiger partial charge in [-0.3, -0.25) is 4.90 Å². The molecule has 3 rings (SSSR count). The Morgan fingerprint density at radius 3 is 2.44 bits per heavy atom. The lowest BCUT2D eigenvalue weighted by molar-refractivity contribution is 0.0169. The molecule has 174 valence electrons. The van der Waals surface area contributed by atoms with Gasteiger partial charge in [0.05, 0.1) is 40.0 Å². The van der Waals surface area contributed by atoms with Crippen LogP contribution in [0.25, 0.3) is 0 Å². The zero-order chi connectivity index (χ0) is 22.8. The number of benzene rings is 2. The molecule has 32 heavy (non-hydrogen) atoms. The highest BCUT2D eigenvalue weighted by Crippen LogP contribution is 2.32. The summed E-state index contributed by atoms with van der Waals surface area (Å²) in [5.74, 6) is 1.89. The molecule has 2 aromatic carbocycles. The van der Waals surface area contributed by atoms with Crippen molar-refractivity contribution in [2.75, 3.05) is 53.6 Å². The van der Waals surface area contributed by atoms with E-state index in [0.29, 0.717) is 37.8 Å². The smallest absolute Gasteiger partial charge is 0.191 e. The van der Waals surface area contributed by atoms with Crippen molar-refractivity contribution >= 4 is 5.96 Å². The van der Waals surface area contributed by atoms with Crippen LogP contribution >= 0.6 is 0 Å². The van der Waals surface area contributed by atoms with Gasteiger partial charge in [-0.05, 0) is 42.3 Å². The number of halogens is 1. The lowest BCUT2D eigenvalue weighted by Crippen LogP contribution is -2.46. The van der Waals surface area contributed by atoms with Gasteiger partial charge in [-0.25, -0.2) is 9.38 Å². The van der Waals surface area contributed by atoms with Crippen LogP contribution in [0.2, 0.25) is 0 Å². The molecule has 0 amide bonds. The Balaban J connectivity index is 1.76. The third kappa shape index (κ3) is 6.58. The van der Waals surface area contributed by atoms with Crippen molar-refractivity contribution in [3.63, 3.8) is 0 Å². The molecule has 7 nitrogen and oxygen atoms in total. The summed E-state index contributed by atoms with van der Waals surface area (Å²) in [6.45, 7) is 7.02. The van der Waals surface area contributed by atoms with E-state index >= 15 is 0 Å². The van der Waals surface area contributed by atoms with E-state index in [1.165, 1.54) is 12.1 Å². The molecule has 1 aliphatic rings. The van der Waals surface area contributed by atoms with Crippen LogP contribution in [0.4, 0.5) is 4.39 Å². The molecule has 1 saturated heterocycles. The highest BCUT2D eigenvalue weighted by atomic mass is 19.1. The zero-order valence-electron chi connectivity index (χ0n) is 19.1. The van der Waals surface area contributed by atoms with Crippen LogP contribution in [0.3, 0.4) is 0 Å². The van der Waals surface area contributed by atoms with E-state index in [0.717, 1.165) is 36.7 Å². The summed E-state index contributed by atoms with van der Waals surface area (Å²) in [5, 5.41) is 6.77. The second kappa shape index (κ2) is 12.3. The molecule has 0 radical (unpaired) electrons. The minimum Gasteiger partial charge on any atom is -0.493 e. The molecule has 1 fully saturated rings. The molecule has 0 bridgehead atoms. The number of aliphatic imine (C=N–C) groups is 1. The van der Waals surface area contributed by atoms with Gasteiger partial charge in [0.25, 0.3) is 0 Å². The van der Waals surface area contributed by atoms with Crippen molar-refractivity contribution in [3.8, 4) is 11.5 Å². The maximum Gasteiger partial charge on any atom is 0.191 e. The van der Waals surface area contributed by atoms with Crippen LogP contribution in [-0.4, -0.2) is 64.5 Å². The Bertz CT molecular complexity index is 870. The zero-order valence-corrected chi connectivity index (χ0v) is 19.1. The summed E-state index contributed by atoms with van der Waals surface area (Å²) in [6.07, 6.45) is 0. The first kappa shape index (κ1) is 23.8. The number of rotatable bonds is 9. The van der Waals surface area contributed by atoms with Crippen LogP contribution in [-0.2, 0) is 11.3 Å². The lowest BCUT2D eigenvalue weighted by Gasteiger charge is -2.35. The van der Waals surface area contributed by atoms with Gasteiger partial charge in [0.15, 0.2) is 17.5 Å². The van der Waals surface area contributed by atoms with Gasteiger partial charge in [0.2, 0.25) is 0 Å². The highest BCUT2D eigenvalue weighted by molar-refractivity contribution is 5.79. The Kier molecular flexibility index (Phi) is 9.13. The number of guanidine groups is 1. The summed E-state index contributed by atoms with van der Waals surface area (Å²) < 4.78 is 29.6. The van der Waals surface area contributed by atoms with Gasteiger partial charge in [0.1, 0.15) is 5.82 Å². The third-order valence-electron chi connectivity index (χ3n) is 5.42. The molecule has 0 aromatic heterocycles. The highest BCUT2D eigenvalue weighted by Gasteiger charge is 2.24. The number of nitrogens with one attached hydrogen (secondary N) is 2.